The third-order valence-corrected chi connectivity index (χ3v) is 10.7. The summed E-state index contributed by atoms with van der Waals surface area (Å²) in [5, 5.41) is 15.4. The van der Waals surface area contributed by atoms with Gasteiger partial charge in [0, 0.05) is 46.2 Å². The highest BCUT2D eigenvalue weighted by atomic mass is 35.5. The summed E-state index contributed by atoms with van der Waals surface area (Å²) >= 11 is 14.7. The number of hydrogen-bond acceptors (Lipinski definition) is 6. The molecule has 1 saturated carbocycles. The first-order chi connectivity index (χ1) is 21.2. The third-order valence-electron chi connectivity index (χ3n) is 9.09. The van der Waals surface area contributed by atoms with Crippen LogP contribution >= 0.6 is 34.5 Å². The Morgan fingerprint density at radius 2 is 1.80 bits per heavy atom. The molecule has 0 unspecified atom stereocenters. The van der Waals surface area contributed by atoms with E-state index in [1.54, 1.807) is 22.4 Å². The lowest BCUT2D eigenvalue weighted by molar-refractivity contribution is -0.144. The van der Waals surface area contributed by atoms with Crippen molar-refractivity contribution in [2.75, 3.05) is 31.6 Å². The quantitative estimate of drug-likeness (QED) is 0.280. The fraction of sp³-hybridized carbons (Fsp3) is 0.469. The van der Waals surface area contributed by atoms with E-state index < -0.39 is 12.1 Å². The van der Waals surface area contributed by atoms with Gasteiger partial charge < -0.3 is 20.1 Å². The second-order valence-electron chi connectivity index (χ2n) is 12.0. The van der Waals surface area contributed by atoms with Gasteiger partial charge in [0.25, 0.3) is 5.91 Å². The number of carboxylic acids is 1. The molecule has 2 saturated heterocycles. The van der Waals surface area contributed by atoms with Gasteiger partial charge in [-0.1, -0.05) is 41.4 Å². The first kappa shape index (κ1) is 31.2. The van der Waals surface area contributed by atoms with Crippen LogP contribution in [-0.4, -0.2) is 83.3 Å². The molecule has 6 rings (SSSR count). The second kappa shape index (κ2) is 13.3. The Morgan fingerprint density at radius 3 is 2.52 bits per heavy atom. The number of alkyl halides is 1. The molecule has 2 N–H and O–H groups in total. The van der Waals surface area contributed by atoms with Gasteiger partial charge in [-0.05, 0) is 55.9 Å². The molecule has 1 aliphatic carbocycles. The van der Waals surface area contributed by atoms with Crippen molar-refractivity contribution in [3.8, 4) is 0 Å². The number of anilines is 1. The molecule has 0 spiro atoms. The summed E-state index contributed by atoms with van der Waals surface area (Å²) in [4.78, 5) is 41.9. The van der Waals surface area contributed by atoms with Crippen molar-refractivity contribution in [1.82, 2.24) is 9.80 Å². The first-order valence-electron chi connectivity index (χ1n) is 14.9. The number of halogens is 3. The van der Waals surface area contributed by atoms with Crippen LogP contribution < -0.4 is 5.32 Å². The van der Waals surface area contributed by atoms with E-state index in [1.807, 2.05) is 24.3 Å². The van der Waals surface area contributed by atoms with Gasteiger partial charge in [-0.2, -0.15) is 0 Å². The van der Waals surface area contributed by atoms with E-state index in [-0.39, 0.29) is 47.4 Å². The van der Waals surface area contributed by atoms with Crippen molar-refractivity contribution in [2.45, 2.75) is 62.9 Å². The summed E-state index contributed by atoms with van der Waals surface area (Å²) in [7, 11) is 0. The predicted molar refractivity (Wildman–Crippen MR) is 170 cm³/mol. The van der Waals surface area contributed by atoms with Gasteiger partial charge in [-0.25, -0.2) is 4.39 Å². The largest absolute Gasteiger partial charge is 0.481 e. The number of aliphatic carboxylic acids is 1. The smallest absolute Gasteiger partial charge is 0.306 e. The molecule has 0 radical (unpaired) electrons. The molecule has 2 aliphatic heterocycles. The van der Waals surface area contributed by atoms with E-state index in [0.29, 0.717) is 80.2 Å². The fourth-order valence-corrected chi connectivity index (χ4v) is 7.93. The van der Waals surface area contributed by atoms with Crippen LogP contribution in [0.3, 0.4) is 0 Å². The van der Waals surface area contributed by atoms with E-state index in [4.69, 9.17) is 27.9 Å². The highest BCUT2D eigenvalue weighted by Gasteiger charge is 2.42. The maximum absolute atomic E-state index is 13.7. The van der Waals surface area contributed by atoms with Crippen LogP contribution in [0.4, 0.5) is 10.1 Å². The van der Waals surface area contributed by atoms with Crippen LogP contribution in [0, 0.1) is 5.92 Å². The van der Waals surface area contributed by atoms with Gasteiger partial charge in [0.2, 0.25) is 5.91 Å². The second-order valence-corrected chi connectivity index (χ2v) is 13.7. The molecule has 1 aromatic heterocycles. The lowest BCUT2D eigenvalue weighted by Gasteiger charge is -2.38. The highest BCUT2D eigenvalue weighted by molar-refractivity contribution is 7.17. The number of nitrogens with zero attached hydrogens (tertiary/aromatic N) is 2. The van der Waals surface area contributed by atoms with E-state index >= 15 is 0 Å². The molecule has 3 aromatic rings. The summed E-state index contributed by atoms with van der Waals surface area (Å²) in [6.07, 6.45) is 2.34. The molecule has 2 amide bonds. The zero-order valence-corrected chi connectivity index (χ0v) is 26.3. The average molecular weight is 663 g/mol. The molecule has 234 valence electrons. The third kappa shape index (κ3) is 6.74. The average Bonchev–Trinajstić information content (AvgIpc) is 3.62. The summed E-state index contributed by atoms with van der Waals surface area (Å²) < 4.78 is 20.9. The van der Waals surface area contributed by atoms with Gasteiger partial charge in [-0.3, -0.25) is 19.3 Å². The van der Waals surface area contributed by atoms with Crippen LogP contribution in [0.25, 0.3) is 10.1 Å². The van der Waals surface area contributed by atoms with Crippen LogP contribution in [0.5, 0.6) is 0 Å². The Hall–Kier alpha value is -2.76. The molecule has 0 bridgehead atoms. The summed E-state index contributed by atoms with van der Waals surface area (Å²) in [6, 6.07) is 10.7. The molecule has 2 aromatic carbocycles. The number of likely N-dealkylation sites (tertiary alicyclic amines) is 2. The van der Waals surface area contributed by atoms with Gasteiger partial charge in [0.15, 0.2) is 0 Å². The van der Waals surface area contributed by atoms with Crippen LogP contribution in [-0.2, 0) is 20.7 Å². The number of carboxylic acid groups (broad SMARTS) is 1. The normalized spacial score (nSPS) is 24.4. The van der Waals surface area contributed by atoms with Crippen molar-refractivity contribution >= 4 is 68.1 Å². The number of rotatable bonds is 9. The van der Waals surface area contributed by atoms with Crippen molar-refractivity contribution in [3.05, 3.63) is 63.0 Å². The minimum absolute atomic E-state index is 0.0145. The van der Waals surface area contributed by atoms with Crippen molar-refractivity contribution in [2.24, 2.45) is 5.92 Å². The topological polar surface area (TPSA) is 99.2 Å². The highest BCUT2D eigenvalue weighted by Crippen LogP contribution is 2.34. The Labute approximate surface area is 269 Å². The Kier molecular flexibility index (Phi) is 9.44. The number of thiophene rings is 1. The summed E-state index contributed by atoms with van der Waals surface area (Å²) in [6.45, 7) is 1.55. The summed E-state index contributed by atoms with van der Waals surface area (Å²) in [5.74, 6) is -1.51. The first-order valence-corrected chi connectivity index (χ1v) is 16.6. The van der Waals surface area contributed by atoms with Gasteiger partial charge in [-0.15, -0.1) is 11.3 Å². The van der Waals surface area contributed by atoms with Crippen molar-refractivity contribution in [3.63, 3.8) is 0 Å². The lowest BCUT2D eigenvalue weighted by Crippen LogP contribution is -2.54. The maximum atomic E-state index is 13.7. The molecule has 3 heterocycles. The van der Waals surface area contributed by atoms with E-state index in [2.05, 4.69) is 10.2 Å². The van der Waals surface area contributed by atoms with E-state index in [1.165, 1.54) is 11.3 Å². The van der Waals surface area contributed by atoms with E-state index in [0.717, 1.165) is 10.1 Å². The number of fused-ring (bicyclic) bond motifs is 1. The number of ether oxygens (including phenoxy) is 1. The van der Waals surface area contributed by atoms with Crippen molar-refractivity contribution < 1.29 is 28.6 Å². The lowest BCUT2D eigenvalue weighted by atomic mass is 9.87. The number of amides is 2. The van der Waals surface area contributed by atoms with Crippen LogP contribution in [0.1, 0.15) is 48.0 Å². The number of carbonyl (C=O) groups excluding carboxylic acids is 2. The standard InChI is InChI=1S/C32H34Cl2FN3O5S/c33-26-12-28(36-31(40)25-17-44-29-4-2-1-3-24(25)29)27(34)9-19(26)10-30(39)38-15-21(37-13-20(35)14-37)11-22(38)16-43-23-7-5-18(6-8-23)32(41)42/h1-4,9,12,17-18,20-23H,5-8,10-11,13-16H2,(H,36,40)(H,41,42)/t18-,21-,22-,23-/m0/s1. The molecule has 8 nitrogen and oxygen atoms in total. The van der Waals surface area contributed by atoms with Gasteiger partial charge >= 0.3 is 5.97 Å². The maximum Gasteiger partial charge on any atom is 0.306 e. The van der Waals surface area contributed by atoms with Crippen molar-refractivity contribution in [1.29, 1.82) is 0 Å². The van der Waals surface area contributed by atoms with Crippen LogP contribution in [0.15, 0.2) is 41.8 Å². The molecule has 3 fully saturated rings. The molecule has 2 atom stereocenters. The monoisotopic (exact) mass is 661 g/mol. The summed E-state index contributed by atoms with van der Waals surface area (Å²) in [5.41, 5.74) is 1.45. The number of hydrogen-bond donors (Lipinski definition) is 2. The molecule has 44 heavy (non-hydrogen) atoms. The van der Waals surface area contributed by atoms with Crippen LogP contribution in [0.2, 0.25) is 10.0 Å². The molecular weight excluding hydrogens is 628 g/mol. The Bertz CT molecular complexity index is 1560. The SMILES string of the molecule is O=C(Nc1cc(Cl)c(CC(=O)N2C[C@@H](N3CC(F)C3)C[C@H]2CO[C@H]2CC[C@H](C(=O)O)CC2)cc1Cl)c1csc2ccccc12. The Morgan fingerprint density at radius 1 is 1.05 bits per heavy atom. The minimum Gasteiger partial charge on any atom is -0.481 e. The van der Waals surface area contributed by atoms with Gasteiger partial charge in [0.1, 0.15) is 6.17 Å². The fourth-order valence-electron chi connectivity index (χ4n) is 6.52. The number of benzene rings is 2. The molecule has 12 heteroatoms. The van der Waals surface area contributed by atoms with E-state index in [9.17, 15) is 23.9 Å². The zero-order valence-electron chi connectivity index (χ0n) is 24.0. The minimum atomic E-state index is -0.836. The van der Waals surface area contributed by atoms with Gasteiger partial charge in [0.05, 0.1) is 47.4 Å². The number of carbonyl (C=O) groups is 3. The Balaban J connectivity index is 1.11. The zero-order chi connectivity index (χ0) is 31.0. The number of nitrogens with one attached hydrogen (secondary N) is 1. The molecule has 3 aliphatic rings. The molecular formula is C32H34Cl2FN3O5S. The predicted octanol–water partition coefficient (Wildman–Crippen LogP) is 6.29.